The first-order chi connectivity index (χ1) is 6.79. The van der Waals surface area contributed by atoms with E-state index in [9.17, 15) is 0 Å². The number of hydrogen-bond acceptors (Lipinski definition) is 2. The van der Waals surface area contributed by atoms with Crippen LogP contribution in [0, 0.1) is 12.3 Å². The highest BCUT2D eigenvalue weighted by Crippen LogP contribution is 2.20. The minimum absolute atomic E-state index is 0.639. The van der Waals surface area contributed by atoms with Gasteiger partial charge in [-0.25, -0.2) is 4.98 Å². The zero-order valence-electron chi connectivity index (χ0n) is 7.46. The normalized spacial score (nSPS) is 10.3. The standard InChI is InChI=1S/C11H8ClNO/c1-2-3-4-11-13-9-6-5-8(12)7-10(9)14-11/h1,5-7H,3-4H2. The minimum Gasteiger partial charge on any atom is -0.441 e. The number of hydrogen-bond donors (Lipinski definition) is 0. The Hall–Kier alpha value is -1.46. The summed E-state index contributed by atoms with van der Waals surface area (Å²) < 4.78 is 5.46. The molecule has 0 N–H and O–H groups in total. The largest absolute Gasteiger partial charge is 0.441 e. The minimum atomic E-state index is 0.639. The van der Waals surface area contributed by atoms with Gasteiger partial charge in [-0.1, -0.05) is 11.6 Å². The molecular weight excluding hydrogens is 198 g/mol. The molecule has 2 aromatic rings. The molecule has 0 bridgehead atoms. The average Bonchev–Trinajstić information content (AvgIpc) is 2.56. The van der Waals surface area contributed by atoms with Gasteiger partial charge in [0.2, 0.25) is 0 Å². The highest BCUT2D eigenvalue weighted by molar-refractivity contribution is 6.31. The number of benzene rings is 1. The molecule has 0 radical (unpaired) electrons. The van der Waals surface area contributed by atoms with Gasteiger partial charge >= 0.3 is 0 Å². The fraction of sp³-hybridized carbons (Fsp3) is 0.182. The molecule has 70 valence electrons. The van der Waals surface area contributed by atoms with Crippen molar-refractivity contribution in [1.29, 1.82) is 0 Å². The molecule has 0 spiro atoms. The molecular formula is C11H8ClNO. The average molecular weight is 206 g/mol. The van der Waals surface area contributed by atoms with Crippen molar-refractivity contribution in [2.75, 3.05) is 0 Å². The molecule has 1 aromatic carbocycles. The van der Waals surface area contributed by atoms with Crippen LogP contribution in [0.3, 0.4) is 0 Å². The Labute approximate surface area is 86.9 Å². The Morgan fingerprint density at radius 1 is 1.50 bits per heavy atom. The molecule has 14 heavy (non-hydrogen) atoms. The van der Waals surface area contributed by atoms with Gasteiger partial charge in [-0.3, -0.25) is 0 Å². The van der Waals surface area contributed by atoms with Crippen LogP contribution in [0.25, 0.3) is 11.1 Å². The lowest BCUT2D eigenvalue weighted by Gasteiger charge is -1.86. The monoisotopic (exact) mass is 205 g/mol. The quantitative estimate of drug-likeness (QED) is 0.705. The number of rotatable bonds is 2. The van der Waals surface area contributed by atoms with Crippen LogP contribution in [-0.4, -0.2) is 4.98 Å². The fourth-order valence-electron chi connectivity index (χ4n) is 1.23. The van der Waals surface area contributed by atoms with E-state index in [-0.39, 0.29) is 0 Å². The van der Waals surface area contributed by atoms with Crippen LogP contribution >= 0.6 is 11.6 Å². The summed E-state index contributed by atoms with van der Waals surface area (Å²) in [6, 6.07) is 5.38. The van der Waals surface area contributed by atoms with E-state index in [1.54, 1.807) is 12.1 Å². The first-order valence-electron chi connectivity index (χ1n) is 4.28. The molecule has 0 aliphatic carbocycles. The lowest BCUT2D eigenvalue weighted by Crippen LogP contribution is -1.81. The smallest absolute Gasteiger partial charge is 0.196 e. The molecule has 0 saturated carbocycles. The maximum Gasteiger partial charge on any atom is 0.196 e. The molecule has 2 rings (SSSR count). The fourth-order valence-corrected chi connectivity index (χ4v) is 1.39. The SMILES string of the molecule is C#CCCc1nc2ccc(Cl)cc2o1. The summed E-state index contributed by atoms with van der Waals surface area (Å²) in [6.07, 6.45) is 6.46. The van der Waals surface area contributed by atoms with Crippen molar-refractivity contribution in [1.82, 2.24) is 4.98 Å². The summed E-state index contributed by atoms with van der Waals surface area (Å²) in [7, 11) is 0. The van der Waals surface area contributed by atoms with Crippen molar-refractivity contribution in [2.45, 2.75) is 12.8 Å². The molecule has 0 amide bonds. The first-order valence-corrected chi connectivity index (χ1v) is 4.66. The summed E-state index contributed by atoms with van der Waals surface area (Å²) in [5.74, 6) is 3.21. The topological polar surface area (TPSA) is 26.0 Å². The van der Waals surface area contributed by atoms with E-state index in [1.807, 2.05) is 6.07 Å². The van der Waals surface area contributed by atoms with Gasteiger partial charge in [-0.15, -0.1) is 12.3 Å². The van der Waals surface area contributed by atoms with Crippen LogP contribution in [0.1, 0.15) is 12.3 Å². The van der Waals surface area contributed by atoms with Crippen LogP contribution in [0.4, 0.5) is 0 Å². The van der Waals surface area contributed by atoms with E-state index in [2.05, 4.69) is 10.9 Å². The predicted octanol–water partition coefficient (Wildman–Crippen LogP) is 3.05. The second-order valence-corrected chi connectivity index (χ2v) is 3.36. The molecule has 3 heteroatoms. The number of nitrogens with zero attached hydrogens (tertiary/aromatic N) is 1. The molecule has 0 saturated heterocycles. The van der Waals surface area contributed by atoms with Gasteiger partial charge in [0.1, 0.15) is 5.52 Å². The van der Waals surface area contributed by atoms with E-state index in [1.165, 1.54) is 0 Å². The third kappa shape index (κ3) is 1.73. The number of halogens is 1. The second-order valence-electron chi connectivity index (χ2n) is 2.92. The Morgan fingerprint density at radius 3 is 3.14 bits per heavy atom. The van der Waals surface area contributed by atoms with Crippen molar-refractivity contribution in [2.24, 2.45) is 0 Å². The Balaban J connectivity index is 2.37. The lowest BCUT2D eigenvalue weighted by atomic mass is 10.3. The predicted molar refractivity (Wildman–Crippen MR) is 56.2 cm³/mol. The first kappa shape index (κ1) is 9.11. The second kappa shape index (κ2) is 3.73. The molecule has 0 aliphatic rings. The van der Waals surface area contributed by atoms with Gasteiger partial charge in [-0.2, -0.15) is 0 Å². The van der Waals surface area contributed by atoms with Crippen molar-refractivity contribution in [3.8, 4) is 12.3 Å². The number of aryl methyl sites for hydroxylation is 1. The summed E-state index contributed by atoms with van der Waals surface area (Å²) in [6.45, 7) is 0. The van der Waals surface area contributed by atoms with Crippen LogP contribution in [0.15, 0.2) is 22.6 Å². The molecule has 0 fully saturated rings. The van der Waals surface area contributed by atoms with E-state index in [0.29, 0.717) is 29.3 Å². The zero-order chi connectivity index (χ0) is 9.97. The Bertz CT molecular complexity index is 495. The van der Waals surface area contributed by atoms with Crippen molar-refractivity contribution >= 4 is 22.7 Å². The maximum absolute atomic E-state index is 5.81. The maximum atomic E-state index is 5.81. The molecule has 0 aliphatic heterocycles. The molecule has 0 unspecified atom stereocenters. The van der Waals surface area contributed by atoms with Crippen LogP contribution in [0.5, 0.6) is 0 Å². The highest BCUT2D eigenvalue weighted by atomic mass is 35.5. The number of aromatic nitrogens is 1. The van der Waals surface area contributed by atoms with Crippen LogP contribution in [0.2, 0.25) is 5.02 Å². The molecule has 1 aromatic heterocycles. The molecule has 2 nitrogen and oxygen atoms in total. The van der Waals surface area contributed by atoms with Gasteiger partial charge in [0.25, 0.3) is 0 Å². The van der Waals surface area contributed by atoms with E-state index < -0.39 is 0 Å². The van der Waals surface area contributed by atoms with Gasteiger partial charge in [-0.05, 0) is 12.1 Å². The molecule has 1 heterocycles. The number of terminal acetylenes is 1. The van der Waals surface area contributed by atoms with Gasteiger partial charge in [0.05, 0.1) is 0 Å². The van der Waals surface area contributed by atoms with E-state index in [0.717, 1.165) is 5.52 Å². The summed E-state index contributed by atoms with van der Waals surface area (Å²) >= 11 is 5.81. The van der Waals surface area contributed by atoms with Gasteiger partial charge in [0, 0.05) is 23.9 Å². The lowest BCUT2D eigenvalue weighted by molar-refractivity contribution is 0.531. The highest BCUT2D eigenvalue weighted by Gasteiger charge is 2.04. The zero-order valence-corrected chi connectivity index (χ0v) is 8.21. The Kier molecular flexibility index (Phi) is 2.43. The summed E-state index contributed by atoms with van der Waals surface area (Å²) in [5.41, 5.74) is 1.53. The van der Waals surface area contributed by atoms with E-state index >= 15 is 0 Å². The summed E-state index contributed by atoms with van der Waals surface area (Å²) in [5, 5.41) is 0.650. The van der Waals surface area contributed by atoms with Crippen molar-refractivity contribution < 1.29 is 4.42 Å². The Morgan fingerprint density at radius 2 is 2.36 bits per heavy atom. The van der Waals surface area contributed by atoms with E-state index in [4.69, 9.17) is 22.4 Å². The number of fused-ring (bicyclic) bond motifs is 1. The third-order valence-corrected chi connectivity index (χ3v) is 2.11. The van der Waals surface area contributed by atoms with Gasteiger partial charge in [0.15, 0.2) is 11.5 Å². The third-order valence-electron chi connectivity index (χ3n) is 1.88. The van der Waals surface area contributed by atoms with Crippen molar-refractivity contribution in [3.05, 3.63) is 29.1 Å². The van der Waals surface area contributed by atoms with Crippen LogP contribution in [-0.2, 0) is 6.42 Å². The summed E-state index contributed by atoms with van der Waals surface area (Å²) in [4.78, 5) is 4.27. The number of oxazole rings is 1. The molecule has 0 atom stereocenters. The van der Waals surface area contributed by atoms with Crippen molar-refractivity contribution in [3.63, 3.8) is 0 Å². The van der Waals surface area contributed by atoms with Gasteiger partial charge < -0.3 is 4.42 Å². The van der Waals surface area contributed by atoms with Crippen LogP contribution < -0.4 is 0 Å².